The summed E-state index contributed by atoms with van der Waals surface area (Å²) in [6, 6.07) is 70.3. The Balaban J connectivity index is 0.991. The summed E-state index contributed by atoms with van der Waals surface area (Å²) < 4.78 is 0. The predicted octanol–water partition coefficient (Wildman–Crippen LogP) is 12.5. The second-order valence-corrected chi connectivity index (χ2v) is 14.0. The van der Waals surface area contributed by atoms with Gasteiger partial charge in [0.05, 0.1) is 0 Å². The monoisotopic (exact) mass is 742 g/mol. The first kappa shape index (κ1) is 34.5. The van der Waals surface area contributed by atoms with Gasteiger partial charge in [-0.15, -0.1) is 0 Å². The van der Waals surface area contributed by atoms with Crippen LogP contribution in [0, 0.1) is 0 Å². The van der Waals surface area contributed by atoms with Gasteiger partial charge in [-0.3, -0.25) is 0 Å². The van der Waals surface area contributed by atoms with Crippen molar-refractivity contribution in [1.29, 1.82) is 0 Å². The molecule has 0 aliphatic rings. The molecule has 0 aliphatic carbocycles. The standard InChI is InChI=1S/C52H34N6/c1-5-13-35(14-6-1)36-21-27-42(28-22-36)51-56-49(41-19-11-4-12-20-41)57-52(58-51)45-32-26-38-25-31-44(33-46(38)34-45)37-23-29-43(30-24-37)50-54-47(39-15-7-2-8-16-39)53-48(55-50)40-17-9-3-10-18-40/h1-34H. The summed E-state index contributed by atoms with van der Waals surface area (Å²) in [5.74, 6) is 3.78. The molecule has 0 bridgehead atoms. The lowest BCUT2D eigenvalue weighted by atomic mass is 9.98. The zero-order valence-electron chi connectivity index (χ0n) is 31.3. The first-order valence-corrected chi connectivity index (χ1v) is 19.2. The highest BCUT2D eigenvalue weighted by Gasteiger charge is 2.15. The molecule has 2 aromatic heterocycles. The van der Waals surface area contributed by atoms with Gasteiger partial charge >= 0.3 is 0 Å². The molecular formula is C52H34N6. The maximum absolute atomic E-state index is 5.04. The fourth-order valence-corrected chi connectivity index (χ4v) is 7.11. The lowest BCUT2D eigenvalue weighted by molar-refractivity contribution is 1.07. The molecule has 272 valence electrons. The molecule has 0 radical (unpaired) electrons. The lowest BCUT2D eigenvalue weighted by Gasteiger charge is -2.11. The van der Waals surface area contributed by atoms with Gasteiger partial charge in [-0.2, -0.15) is 0 Å². The minimum absolute atomic E-state index is 0.620. The largest absolute Gasteiger partial charge is 0.208 e. The quantitative estimate of drug-likeness (QED) is 0.154. The zero-order valence-corrected chi connectivity index (χ0v) is 31.3. The van der Waals surface area contributed by atoms with Gasteiger partial charge in [0.25, 0.3) is 0 Å². The lowest BCUT2D eigenvalue weighted by Crippen LogP contribution is -2.00. The molecule has 10 aromatic rings. The van der Waals surface area contributed by atoms with E-state index < -0.39 is 0 Å². The van der Waals surface area contributed by atoms with Crippen molar-refractivity contribution in [2.45, 2.75) is 0 Å². The summed E-state index contributed by atoms with van der Waals surface area (Å²) in [4.78, 5) is 29.7. The normalized spacial score (nSPS) is 11.1. The molecular weight excluding hydrogens is 709 g/mol. The van der Waals surface area contributed by atoms with Crippen molar-refractivity contribution >= 4 is 10.8 Å². The molecule has 0 N–H and O–H groups in total. The molecule has 2 heterocycles. The van der Waals surface area contributed by atoms with Gasteiger partial charge in [0.1, 0.15) is 0 Å². The Morgan fingerprint density at radius 3 is 0.810 bits per heavy atom. The summed E-state index contributed by atoms with van der Waals surface area (Å²) in [7, 11) is 0. The van der Waals surface area contributed by atoms with E-state index in [1.807, 2.05) is 97.1 Å². The molecule has 8 aromatic carbocycles. The molecule has 0 spiro atoms. The summed E-state index contributed by atoms with van der Waals surface area (Å²) in [5.41, 5.74) is 10.1. The Morgan fingerprint density at radius 2 is 0.414 bits per heavy atom. The summed E-state index contributed by atoms with van der Waals surface area (Å²) in [6.45, 7) is 0. The Labute approximate surface area is 336 Å². The number of aromatic nitrogens is 6. The van der Waals surface area contributed by atoms with Crippen molar-refractivity contribution < 1.29 is 0 Å². The Morgan fingerprint density at radius 1 is 0.172 bits per heavy atom. The molecule has 0 saturated carbocycles. The predicted molar refractivity (Wildman–Crippen MR) is 234 cm³/mol. The molecule has 10 rings (SSSR count). The van der Waals surface area contributed by atoms with Crippen LogP contribution in [-0.2, 0) is 0 Å². The highest BCUT2D eigenvalue weighted by Crippen LogP contribution is 2.32. The molecule has 0 atom stereocenters. The van der Waals surface area contributed by atoms with Gasteiger partial charge < -0.3 is 0 Å². The average Bonchev–Trinajstić information content (AvgIpc) is 3.32. The van der Waals surface area contributed by atoms with Crippen LogP contribution in [0.2, 0.25) is 0 Å². The summed E-state index contributed by atoms with van der Waals surface area (Å²) in [6.07, 6.45) is 0. The van der Waals surface area contributed by atoms with Crippen LogP contribution in [0.1, 0.15) is 0 Å². The van der Waals surface area contributed by atoms with Gasteiger partial charge in [0.15, 0.2) is 34.9 Å². The fraction of sp³-hybridized carbons (Fsp3) is 0. The van der Waals surface area contributed by atoms with E-state index in [2.05, 4.69) is 109 Å². The van der Waals surface area contributed by atoms with Crippen LogP contribution in [0.25, 0.3) is 101 Å². The van der Waals surface area contributed by atoms with Crippen LogP contribution in [0.3, 0.4) is 0 Å². The third kappa shape index (κ3) is 7.14. The van der Waals surface area contributed by atoms with Gasteiger partial charge in [0, 0.05) is 33.4 Å². The van der Waals surface area contributed by atoms with Crippen LogP contribution < -0.4 is 0 Å². The molecule has 0 unspecified atom stereocenters. The van der Waals surface area contributed by atoms with E-state index in [0.29, 0.717) is 34.9 Å². The molecule has 0 saturated heterocycles. The van der Waals surface area contributed by atoms with E-state index >= 15 is 0 Å². The van der Waals surface area contributed by atoms with Crippen LogP contribution in [0.15, 0.2) is 206 Å². The number of hydrogen-bond donors (Lipinski definition) is 0. The van der Waals surface area contributed by atoms with E-state index in [4.69, 9.17) is 29.9 Å². The molecule has 58 heavy (non-hydrogen) atoms. The number of benzene rings is 8. The number of rotatable bonds is 8. The van der Waals surface area contributed by atoms with Gasteiger partial charge in [-0.25, -0.2) is 29.9 Å². The SMILES string of the molecule is c1ccc(-c2ccc(-c3nc(-c4ccccc4)nc(-c4ccc5ccc(-c6ccc(-c7nc(-c8ccccc8)nc(-c8ccccc8)n7)cc6)cc5c4)n3)cc2)cc1. The van der Waals surface area contributed by atoms with E-state index in [1.54, 1.807) is 0 Å². The van der Waals surface area contributed by atoms with E-state index in [-0.39, 0.29) is 0 Å². The Bertz CT molecular complexity index is 2950. The Hall–Kier alpha value is -7.96. The average molecular weight is 743 g/mol. The number of fused-ring (bicyclic) bond motifs is 1. The highest BCUT2D eigenvalue weighted by atomic mass is 15.0. The third-order valence-corrected chi connectivity index (χ3v) is 10.2. The van der Waals surface area contributed by atoms with Crippen LogP contribution in [-0.4, -0.2) is 29.9 Å². The van der Waals surface area contributed by atoms with Gasteiger partial charge in [-0.1, -0.05) is 194 Å². The van der Waals surface area contributed by atoms with E-state index in [1.165, 1.54) is 5.56 Å². The van der Waals surface area contributed by atoms with Gasteiger partial charge in [-0.05, 0) is 45.2 Å². The van der Waals surface area contributed by atoms with E-state index in [9.17, 15) is 0 Å². The van der Waals surface area contributed by atoms with Crippen LogP contribution in [0.5, 0.6) is 0 Å². The van der Waals surface area contributed by atoms with Crippen molar-refractivity contribution in [3.63, 3.8) is 0 Å². The second-order valence-electron chi connectivity index (χ2n) is 14.0. The number of nitrogens with zero attached hydrogens (tertiary/aromatic N) is 6. The molecule has 0 amide bonds. The topological polar surface area (TPSA) is 77.3 Å². The van der Waals surface area contributed by atoms with Crippen molar-refractivity contribution in [2.24, 2.45) is 0 Å². The molecule has 6 nitrogen and oxygen atoms in total. The van der Waals surface area contributed by atoms with Crippen molar-refractivity contribution in [3.8, 4) is 90.6 Å². The fourth-order valence-electron chi connectivity index (χ4n) is 7.11. The molecule has 6 heteroatoms. The van der Waals surface area contributed by atoms with Gasteiger partial charge in [0.2, 0.25) is 0 Å². The minimum Gasteiger partial charge on any atom is -0.208 e. The number of hydrogen-bond acceptors (Lipinski definition) is 6. The highest BCUT2D eigenvalue weighted by molar-refractivity contribution is 5.90. The first-order valence-electron chi connectivity index (χ1n) is 19.2. The van der Waals surface area contributed by atoms with Crippen molar-refractivity contribution in [1.82, 2.24) is 29.9 Å². The maximum atomic E-state index is 5.04. The van der Waals surface area contributed by atoms with E-state index in [0.717, 1.165) is 60.8 Å². The zero-order chi connectivity index (χ0) is 38.7. The first-order chi connectivity index (χ1) is 28.7. The summed E-state index contributed by atoms with van der Waals surface area (Å²) >= 11 is 0. The second kappa shape index (κ2) is 15.3. The van der Waals surface area contributed by atoms with Crippen LogP contribution >= 0.6 is 0 Å². The van der Waals surface area contributed by atoms with Crippen molar-refractivity contribution in [2.75, 3.05) is 0 Å². The van der Waals surface area contributed by atoms with Crippen molar-refractivity contribution in [3.05, 3.63) is 206 Å². The molecule has 0 fully saturated rings. The van der Waals surface area contributed by atoms with Crippen LogP contribution in [0.4, 0.5) is 0 Å². The summed E-state index contributed by atoms with van der Waals surface area (Å²) in [5, 5.41) is 2.22. The minimum atomic E-state index is 0.620. The smallest absolute Gasteiger partial charge is 0.164 e. The molecule has 0 aliphatic heterocycles. The Kier molecular flexibility index (Phi) is 9.10. The third-order valence-electron chi connectivity index (χ3n) is 10.2. The maximum Gasteiger partial charge on any atom is 0.164 e.